The van der Waals surface area contributed by atoms with Crippen LogP contribution in [0.3, 0.4) is 0 Å². The second-order valence-corrected chi connectivity index (χ2v) is 12.8. The Bertz CT molecular complexity index is 1720. The van der Waals surface area contributed by atoms with Crippen LogP contribution in [-0.4, -0.2) is 26.4 Å². The molecule has 208 valence electrons. The van der Waals surface area contributed by atoms with E-state index in [2.05, 4.69) is 15.0 Å². The van der Waals surface area contributed by atoms with Crippen molar-refractivity contribution < 1.29 is 17.9 Å². The molecule has 5 aromatic rings. The predicted octanol–water partition coefficient (Wildman–Crippen LogP) is 7.40. The highest BCUT2D eigenvalue weighted by atomic mass is 32.2. The Hall–Kier alpha value is -4.12. The number of benzene rings is 4. The molecule has 2 N–H and O–H groups in total. The van der Waals surface area contributed by atoms with Crippen LogP contribution in [0.4, 0.5) is 10.8 Å². The molecule has 0 aliphatic carbocycles. The van der Waals surface area contributed by atoms with Gasteiger partial charge in [0.15, 0.2) is 5.13 Å². The summed E-state index contributed by atoms with van der Waals surface area (Å²) in [5.41, 5.74) is 3.95. The van der Waals surface area contributed by atoms with Crippen LogP contribution < -0.4 is 14.8 Å². The van der Waals surface area contributed by atoms with Gasteiger partial charge in [-0.05, 0) is 73.2 Å². The summed E-state index contributed by atoms with van der Waals surface area (Å²) in [6.45, 7) is 1.90. The van der Waals surface area contributed by atoms with Crippen LogP contribution in [0.1, 0.15) is 16.4 Å². The standard InChI is InChI=1S/C31H27N3O4S3/c1-21-8-18-27(19-9-21)41(36,37)34-24-12-16-26(17-13-24)40-29(23-6-4-3-5-7-23)30(35)33-31-32-28(20-39-31)22-10-14-25(38-2)15-11-22/h3-20,29,34H,1-2H3,(H,32,33,35). The largest absolute Gasteiger partial charge is 0.497 e. The number of nitrogens with zero attached hydrogens (tertiary/aromatic N) is 1. The molecule has 4 aromatic carbocycles. The zero-order valence-electron chi connectivity index (χ0n) is 22.3. The van der Waals surface area contributed by atoms with Crippen LogP contribution in [-0.2, 0) is 14.8 Å². The van der Waals surface area contributed by atoms with Crippen molar-refractivity contribution in [2.75, 3.05) is 17.1 Å². The highest BCUT2D eigenvalue weighted by molar-refractivity contribution is 8.00. The number of nitrogens with one attached hydrogen (secondary N) is 2. The molecular formula is C31H27N3O4S3. The summed E-state index contributed by atoms with van der Waals surface area (Å²) in [7, 11) is -2.09. The molecule has 0 bridgehead atoms. The Balaban J connectivity index is 1.30. The Kier molecular flexibility index (Phi) is 8.72. The van der Waals surface area contributed by atoms with Crippen molar-refractivity contribution >= 4 is 49.8 Å². The lowest BCUT2D eigenvalue weighted by molar-refractivity contribution is -0.115. The van der Waals surface area contributed by atoms with Gasteiger partial charge < -0.3 is 10.1 Å². The minimum atomic E-state index is -3.71. The van der Waals surface area contributed by atoms with Crippen LogP contribution in [0.5, 0.6) is 5.75 Å². The molecule has 0 aliphatic heterocycles. The van der Waals surface area contributed by atoms with Gasteiger partial charge in [0.05, 0.1) is 17.7 Å². The van der Waals surface area contributed by atoms with Crippen molar-refractivity contribution in [2.24, 2.45) is 0 Å². The van der Waals surface area contributed by atoms with Crippen molar-refractivity contribution in [3.63, 3.8) is 0 Å². The van der Waals surface area contributed by atoms with E-state index in [1.54, 1.807) is 55.6 Å². The van der Waals surface area contributed by atoms with Gasteiger partial charge >= 0.3 is 0 Å². The van der Waals surface area contributed by atoms with E-state index < -0.39 is 15.3 Å². The first-order valence-electron chi connectivity index (χ1n) is 12.6. The third-order valence-electron chi connectivity index (χ3n) is 6.15. The Labute approximate surface area is 247 Å². The number of ether oxygens (including phenoxy) is 1. The lowest BCUT2D eigenvalue weighted by Gasteiger charge is -2.16. The second kappa shape index (κ2) is 12.6. The highest BCUT2D eigenvalue weighted by Gasteiger charge is 2.23. The maximum absolute atomic E-state index is 13.5. The molecule has 10 heteroatoms. The molecule has 0 spiro atoms. The SMILES string of the molecule is COc1ccc(-c2csc(NC(=O)C(Sc3ccc(NS(=O)(=O)c4ccc(C)cc4)cc3)c3ccccc3)n2)cc1. The summed E-state index contributed by atoms with van der Waals surface area (Å²) >= 11 is 2.73. The summed E-state index contributed by atoms with van der Waals surface area (Å²) in [4.78, 5) is 19.1. The van der Waals surface area contributed by atoms with Gasteiger partial charge in [-0.1, -0.05) is 48.0 Å². The molecule has 7 nitrogen and oxygen atoms in total. The smallest absolute Gasteiger partial charge is 0.261 e. The number of amides is 1. The third-order valence-corrected chi connectivity index (χ3v) is 9.57. The lowest BCUT2D eigenvalue weighted by atomic mass is 10.1. The monoisotopic (exact) mass is 601 g/mol. The number of thiazole rings is 1. The van der Waals surface area contributed by atoms with Crippen LogP contribution in [0.15, 0.2) is 118 Å². The zero-order valence-corrected chi connectivity index (χ0v) is 24.7. The van der Waals surface area contributed by atoms with E-state index in [-0.39, 0.29) is 10.8 Å². The summed E-state index contributed by atoms with van der Waals surface area (Å²) < 4.78 is 33.4. The molecule has 0 saturated carbocycles. The average Bonchev–Trinajstić information content (AvgIpc) is 3.45. The Morgan fingerprint density at radius 3 is 2.24 bits per heavy atom. The molecular weight excluding hydrogens is 575 g/mol. The number of thioether (sulfide) groups is 1. The number of carbonyl (C=O) groups is 1. The Morgan fingerprint density at radius 2 is 1.59 bits per heavy atom. The van der Waals surface area contributed by atoms with E-state index >= 15 is 0 Å². The first-order chi connectivity index (χ1) is 19.8. The fourth-order valence-electron chi connectivity index (χ4n) is 3.97. The van der Waals surface area contributed by atoms with Gasteiger partial charge in [-0.25, -0.2) is 13.4 Å². The second-order valence-electron chi connectivity index (χ2n) is 9.11. The average molecular weight is 602 g/mol. The van der Waals surface area contributed by atoms with E-state index in [1.165, 1.54) is 23.1 Å². The normalized spacial score (nSPS) is 12.0. The molecule has 1 unspecified atom stereocenters. The van der Waals surface area contributed by atoms with E-state index in [0.717, 1.165) is 33.0 Å². The molecule has 1 amide bonds. The summed E-state index contributed by atoms with van der Waals surface area (Å²) in [6, 6.07) is 30.7. The fourth-order valence-corrected chi connectivity index (χ4v) is 6.77. The summed E-state index contributed by atoms with van der Waals surface area (Å²) in [5, 5.41) is 4.82. The van der Waals surface area contributed by atoms with Crippen LogP contribution >= 0.6 is 23.1 Å². The zero-order chi connectivity index (χ0) is 28.8. The number of aromatic nitrogens is 1. The van der Waals surface area contributed by atoms with Crippen LogP contribution in [0.25, 0.3) is 11.3 Å². The number of anilines is 2. The maximum Gasteiger partial charge on any atom is 0.261 e. The van der Waals surface area contributed by atoms with Crippen molar-refractivity contribution in [1.82, 2.24) is 4.98 Å². The highest BCUT2D eigenvalue weighted by Crippen LogP contribution is 2.37. The number of carbonyl (C=O) groups excluding carboxylic acids is 1. The van der Waals surface area contributed by atoms with Gasteiger partial charge in [-0.15, -0.1) is 23.1 Å². The van der Waals surface area contributed by atoms with Gasteiger partial charge in [0.25, 0.3) is 10.0 Å². The first kappa shape index (κ1) is 28.4. The molecule has 5 rings (SSSR count). The molecule has 0 fully saturated rings. The lowest BCUT2D eigenvalue weighted by Crippen LogP contribution is -2.19. The van der Waals surface area contributed by atoms with Crippen molar-refractivity contribution in [1.29, 1.82) is 0 Å². The predicted molar refractivity (Wildman–Crippen MR) is 166 cm³/mol. The number of aryl methyl sites for hydroxylation is 1. The van der Waals surface area contributed by atoms with Gasteiger partial charge in [0.2, 0.25) is 5.91 Å². The third kappa shape index (κ3) is 7.15. The van der Waals surface area contributed by atoms with Gasteiger partial charge in [0.1, 0.15) is 11.0 Å². The minimum Gasteiger partial charge on any atom is -0.497 e. The Morgan fingerprint density at radius 1 is 0.902 bits per heavy atom. The molecule has 41 heavy (non-hydrogen) atoms. The van der Waals surface area contributed by atoms with Gasteiger partial charge in [0, 0.05) is 21.5 Å². The molecule has 1 aromatic heterocycles. The van der Waals surface area contributed by atoms with Crippen LogP contribution in [0.2, 0.25) is 0 Å². The maximum atomic E-state index is 13.5. The van der Waals surface area contributed by atoms with Gasteiger partial charge in [-0.3, -0.25) is 9.52 Å². The minimum absolute atomic E-state index is 0.194. The van der Waals surface area contributed by atoms with Crippen LogP contribution in [0, 0.1) is 6.92 Å². The van der Waals surface area contributed by atoms with Crippen molar-refractivity contribution in [3.05, 3.63) is 120 Å². The van der Waals surface area contributed by atoms with E-state index in [1.807, 2.05) is 66.9 Å². The molecule has 0 saturated heterocycles. The fraction of sp³-hybridized carbons (Fsp3) is 0.0968. The number of hydrogen-bond donors (Lipinski definition) is 2. The molecule has 0 radical (unpaired) electrons. The van der Waals surface area contributed by atoms with Gasteiger partial charge in [-0.2, -0.15) is 0 Å². The first-order valence-corrected chi connectivity index (χ1v) is 15.9. The molecule has 1 heterocycles. The topological polar surface area (TPSA) is 97.4 Å². The number of hydrogen-bond acceptors (Lipinski definition) is 7. The summed E-state index contributed by atoms with van der Waals surface area (Å²) in [6.07, 6.45) is 0. The number of methoxy groups -OCH3 is 1. The number of rotatable bonds is 10. The molecule has 0 aliphatic rings. The summed E-state index contributed by atoms with van der Waals surface area (Å²) in [5.74, 6) is 0.554. The van der Waals surface area contributed by atoms with E-state index in [4.69, 9.17) is 4.74 Å². The number of sulfonamides is 1. The molecule has 1 atom stereocenters. The quantitative estimate of drug-likeness (QED) is 0.162. The van der Waals surface area contributed by atoms with Crippen molar-refractivity contribution in [2.45, 2.75) is 22.0 Å². The van der Waals surface area contributed by atoms with E-state index in [9.17, 15) is 13.2 Å². The van der Waals surface area contributed by atoms with E-state index in [0.29, 0.717) is 10.8 Å². The van der Waals surface area contributed by atoms with Crippen molar-refractivity contribution in [3.8, 4) is 17.0 Å².